The average molecular weight is 223 g/mol. The molecule has 1 aliphatic heterocycles. The van der Waals surface area contributed by atoms with E-state index < -0.39 is 6.04 Å². The van der Waals surface area contributed by atoms with Gasteiger partial charge in [-0.15, -0.1) is 0 Å². The van der Waals surface area contributed by atoms with E-state index in [1.54, 1.807) is 6.07 Å². The van der Waals surface area contributed by atoms with E-state index in [1.165, 1.54) is 12.1 Å². The van der Waals surface area contributed by atoms with Gasteiger partial charge in [0.25, 0.3) is 0 Å². The van der Waals surface area contributed by atoms with Crippen molar-refractivity contribution >= 4 is 11.6 Å². The quantitative estimate of drug-likeness (QED) is 0.660. The molecule has 0 radical (unpaired) electrons. The monoisotopic (exact) mass is 223 g/mol. The van der Waals surface area contributed by atoms with Crippen molar-refractivity contribution in [1.82, 2.24) is 5.32 Å². The second-order valence-electron chi connectivity index (χ2n) is 3.75. The van der Waals surface area contributed by atoms with Crippen molar-refractivity contribution in [2.45, 2.75) is 12.5 Å². The number of fused-ring (bicyclic) bond motifs is 1. The molecule has 5 heteroatoms. The van der Waals surface area contributed by atoms with Crippen LogP contribution < -0.4 is 16.4 Å². The molecule has 0 aromatic heterocycles. The van der Waals surface area contributed by atoms with Crippen LogP contribution in [-0.4, -0.2) is 19.0 Å². The van der Waals surface area contributed by atoms with E-state index in [1.807, 2.05) is 0 Å². The summed E-state index contributed by atoms with van der Waals surface area (Å²) in [6.45, 7) is 1.21. The summed E-state index contributed by atoms with van der Waals surface area (Å²) < 4.78 is 13.1. The van der Waals surface area contributed by atoms with Gasteiger partial charge in [0.2, 0.25) is 5.91 Å². The number of nitrogens with two attached hydrogens (primary N) is 1. The molecule has 16 heavy (non-hydrogen) atoms. The van der Waals surface area contributed by atoms with Gasteiger partial charge in [-0.05, 0) is 37.7 Å². The van der Waals surface area contributed by atoms with Crippen molar-refractivity contribution in [2.75, 3.05) is 18.4 Å². The fraction of sp³-hybridized carbons (Fsp3) is 0.364. The number of carbonyl (C=O) groups excluding carboxylic acids is 1. The highest BCUT2D eigenvalue weighted by atomic mass is 19.1. The molecule has 4 N–H and O–H groups in total. The molecule has 0 fully saturated rings. The molecule has 4 nitrogen and oxygen atoms in total. The minimum atomic E-state index is -0.461. The molecule has 2 rings (SSSR count). The Kier molecular flexibility index (Phi) is 3.17. The fourth-order valence-electron chi connectivity index (χ4n) is 1.78. The Morgan fingerprint density at radius 2 is 2.31 bits per heavy atom. The number of benzene rings is 1. The number of hydrogen-bond donors (Lipinski definition) is 3. The second kappa shape index (κ2) is 4.59. The van der Waals surface area contributed by atoms with Crippen molar-refractivity contribution in [3.8, 4) is 0 Å². The van der Waals surface area contributed by atoms with E-state index in [0.29, 0.717) is 24.3 Å². The van der Waals surface area contributed by atoms with Gasteiger partial charge in [0.05, 0.1) is 0 Å². The molecule has 0 saturated carbocycles. The zero-order valence-corrected chi connectivity index (χ0v) is 8.79. The van der Waals surface area contributed by atoms with Crippen LogP contribution in [0.15, 0.2) is 18.2 Å². The van der Waals surface area contributed by atoms with Crippen molar-refractivity contribution in [3.63, 3.8) is 0 Å². The predicted molar refractivity (Wildman–Crippen MR) is 59.4 cm³/mol. The van der Waals surface area contributed by atoms with Crippen LogP contribution in [0.3, 0.4) is 0 Å². The van der Waals surface area contributed by atoms with E-state index >= 15 is 0 Å². The minimum absolute atomic E-state index is 0.141. The lowest BCUT2D eigenvalue weighted by atomic mass is 10.1. The number of amides is 1. The molecule has 1 atom stereocenters. The van der Waals surface area contributed by atoms with Gasteiger partial charge in [0.1, 0.15) is 11.9 Å². The largest absolute Gasteiger partial charge is 0.330 e. The SMILES string of the molecule is NCCCNC1C(=O)Nc2ccc(F)cc21. The zero-order chi connectivity index (χ0) is 11.5. The van der Waals surface area contributed by atoms with Crippen LogP contribution in [0.5, 0.6) is 0 Å². The first-order valence-electron chi connectivity index (χ1n) is 5.26. The summed E-state index contributed by atoms with van der Waals surface area (Å²) in [6, 6.07) is 3.83. The van der Waals surface area contributed by atoms with Gasteiger partial charge in [0, 0.05) is 11.3 Å². The first-order valence-corrected chi connectivity index (χ1v) is 5.26. The molecule has 1 heterocycles. The maximum Gasteiger partial charge on any atom is 0.246 e. The van der Waals surface area contributed by atoms with Crippen LogP contribution >= 0.6 is 0 Å². The van der Waals surface area contributed by atoms with Crippen LogP contribution in [0, 0.1) is 5.82 Å². The van der Waals surface area contributed by atoms with Gasteiger partial charge >= 0.3 is 0 Å². The summed E-state index contributed by atoms with van der Waals surface area (Å²) in [6.07, 6.45) is 0.786. The lowest BCUT2D eigenvalue weighted by Gasteiger charge is -2.10. The standard InChI is InChI=1S/C11H14FN3O/c12-7-2-3-9-8(6-7)10(11(16)15-9)14-5-1-4-13/h2-3,6,10,14H,1,4-5,13H2,(H,15,16). The van der Waals surface area contributed by atoms with E-state index in [4.69, 9.17) is 5.73 Å². The predicted octanol–water partition coefficient (Wildman–Crippen LogP) is 0.757. The summed E-state index contributed by atoms with van der Waals surface area (Å²) in [5.41, 5.74) is 6.71. The summed E-state index contributed by atoms with van der Waals surface area (Å²) in [4.78, 5) is 11.6. The van der Waals surface area contributed by atoms with Crippen LogP contribution in [0.2, 0.25) is 0 Å². The topological polar surface area (TPSA) is 67.1 Å². The summed E-state index contributed by atoms with van der Waals surface area (Å²) in [5, 5.41) is 5.76. The highest BCUT2D eigenvalue weighted by Crippen LogP contribution is 2.30. The third kappa shape index (κ3) is 2.05. The smallest absolute Gasteiger partial charge is 0.246 e. The molecule has 0 spiro atoms. The maximum absolute atomic E-state index is 13.1. The number of nitrogens with one attached hydrogen (secondary N) is 2. The van der Waals surface area contributed by atoms with Crippen LogP contribution in [0.25, 0.3) is 0 Å². The Bertz CT molecular complexity index is 408. The Morgan fingerprint density at radius 1 is 1.50 bits per heavy atom. The molecule has 1 amide bonds. The molecule has 1 aromatic carbocycles. The van der Waals surface area contributed by atoms with Crippen molar-refractivity contribution in [1.29, 1.82) is 0 Å². The first-order chi connectivity index (χ1) is 7.72. The Hall–Kier alpha value is -1.46. The van der Waals surface area contributed by atoms with Gasteiger partial charge < -0.3 is 16.4 Å². The molecule has 1 aromatic rings. The lowest BCUT2D eigenvalue weighted by Crippen LogP contribution is -2.29. The number of carbonyl (C=O) groups is 1. The summed E-state index contributed by atoms with van der Waals surface area (Å²) in [5.74, 6) is -0.474. The van der Waals surface area contributed by atoms with Crippen molar-refractivity contribution < 1.29 is 9.18 Å². The van der Waals surface area contributed by atoms with Gasteiger partial charge in [-0.25, -0.2) is 4.39 Å². The normalized spacial score (nSPS) is 18.4. The second-order valence-corrected chi connectivity index (χ2v) is 3.75. The van der Waals surface area contributed by atoms with E-state index in [-0.39, 0.29) is 11.7 Å². The molecule has 86 valence electrons. The lowest BCUT2D eigenvalue weighted by molar-refractivity contribution is -0.117. The zero-order valence-electron chi connectivity index (χ0n) is 8.79. The maximum atomic E-state index is 13.1. The van der Waals surface area contributed by atoms with Gasteiger partial charge in [-0.2, -0.15) is 0 Å². The van der Waals surface area contributed by atoms with E-state index in [9.17, 15) is 9.18 Å². The van der Waals surface area contributed by atoms with Gasteiger partial charge in [-0.3, -0.25) is 4.79 Å². The van der Waals surface area contributed by atoms with Gasteiger partial charge in [0.15, 0.2) is 0 Å². The van der Waals surface area contributed by atoms with E-state index in [0.717, 1.165) is 6.42 Å². The molecule has 0 bridgehead atoms. The fourth-order valence-corrected chi connectivity index (χ4v) is 1.78. The summed E-state index contributed by atoms with van der Waals surface area (Å²) >= 11 is 0. The Morgan fingerprint density at radius 3 is 3.06 bits per heavy atom. The molecule has 1 aliphatic rings. The van der Waals surface area contributed by atoms with Crippen molar-refractivity contribution in [2.24, 2.45) is 5.73 Å². The van der Waals surface area contributed by atoms with Crippen LogP contribution in [-0.2, 0) is 4.79 Å². The van der Waals surface area contributed by atoms with Crippen molar-refractivity contribution in [3.05, 3.63) is 29.6 Å². The Labute approximate surface area is 93.0 Å². The van der Waals surface area contributed by atoms with Gasteiger partial charge in [-0.1, -0.05) is 0 Å². The molecule has 0 aliphatic carbocycles. The third-order valence-electron chi connectivity index (χ3n) is 2.57. The number of halogens is 1. The minimum Gasteiger partial charge on any atom is -0.330 e. The first kappa shape index (κ1) is 11.0. The molecule has 1 unspecified atom stereocenters. The highest BCUT2D eigenvalue weighted by Gasteiger charge is 2.29. The number of hydrogen-bond acceptors (Lipinski definition) is 3. The van der Waals surface area contributed by atoms with E-state index in [2.05, 4.69) is 10.6 Å². The summed E-state index contributed by atoms with van der Waals surface area (Å²) in [7, 11) is 0. The van der Waals surface area contributed by atoms with Crippen LogP contribution in [0.4, 0.5) is 10.1 Å². The average Bonchev–Trinajstić information content (AvgIpc) is 2.56. The third-order valence-corrected chi connectivity index (χ3v) is 2.57. The molecule has 0 saturated heterocycles. The van der Waals surface area contributed by atoms with Crippen LogP contribution in [0.1, 0.15) is 18.0 Å². The number of rotatable bonds is 4. The molecular weight excluding hydrogens is 209 g/mol. The Balaban J connectivity index is 2.15. The number of anilines is 1. The molecular formula is C11H14FN3O. The highest BCUT2D eigenvalue weighted by molar-refractivity contribution is 6.02.